The van der Waals surface area contributed by atoms with Crippen LogP contribution >= 0.6 is 0 Å². The average Bonchev–Trinajstić information content (AvgIpc) is 4.00. The number of phenols is 1. The van der Waals surface area contributed by atoms with E-state index in [4.69, 9.17) is 14.2 Å². The predicted octanol–water partition coefficient (Wildman–Crippen LogP) is 5.01. The van der Waals surface area contributed by atoms with Crippen LogP contribution in [0.5, 0.6) is 11.5 Å². The van der Waals surface area contributed by atoms with Gasteiger partial charge < -0.3 is 55.2 Å². The lowest BCUT2D eigenvalue weighted by Gasteiger charge is -2.73. The van der Waals surface area contributed by atoms with Crippen molar-refractivity contribution >= 4 is 44.5 Å². The number of esters is 1. The first kappa shape index (κ1) is 38.6. The highest BCUT2D eigenvalue weighted by Crippen LogP contribution is 2.80. The molecule has 8 N–H and O–H groups in total. The van der Waals surface area contributed by atoms with Crippen LogP contribution in [0.1, 0.15) is 48.9 Å². The highest BCUT2D eigenvalue weighted by Gasteiger charge is 2.87. The number of aliphatic hydroxyl groups is 5. The molecule has 4 aromatic carbocycles. The normalized spacial score (nSPS) is 41.2. The summed E-state index contributed by atoms with van der Waals surface area (Å²) in [6.45, 7) is -0.00118. The molecular formula is C51H50N2O10. The number of benzene rings is 4. The minimum absolute atomic E-state index is 0.0196. The molecule has 2 aliphatic heterocycles. The summed E-state index contributed by atoms with van der Waals surface area (Å²) in [5, 5.41) is 80.3. The van der Waals surface area contributed by atoms with E-state index in [2.05, 4.69) is 28.5 Å². The quantitative estimate of drug-likeness (QED) is 0.0876. The number of allylic oxidation sites excluding steroid dienone is 2. The fourth-order valence-corrected chi connectivity index (χ4v) is 15.6. The van der Waals surface area contributed by atoms with Gasteiger partial charge in [0, 0.05) is 29.2 Å². The van der Waals surface area contributed by atoms with Gasteiger partial charge >= 0.3 is 5.97 Å². The average molecular weight is 851 g/mol. The standard InChI is InChI=1S/C51H50N2O10/c1-52-23-30-21-36-41-29-14-17-48(36,47(44(30)57)16-15-32-10-9-31-8-6-28-19-33(55)11-12-35(28)49(31,32)47)63-45-43(62-51(60,39(56)22-29)50(41,45)59)46(58)61-42-38(24-54)53-37-13-7-27-18-25-4-2-3-5-26(25)20-34(27)40(37)42/h2-8,11-14,17-20,22,30-32,36,39,41,43-45,52-57,59-60H,9-10,15-16,21,23-24H2,1H3. The van der Waals surface area contributed by atoms with Gasteiger partial charge in [-0.1, -0.05) is 60.7 Å². The number of aromatic nitrogens is 1. The molecule has 14 unspecified atom stereocenters. The molecule has 3 saturated carbocycles. The molecule has 0 amide bonds. The molecule has 324 valence electrons. The fraction of sp³-hybridized carbons (Fsp3) is 0.431. The Morgan fingerprint density at radius 1 is 0.968 bits per heavy atom. The van der Waals surface area contributed by atoms with Gasteiger partial charge in [0.25, 0.3) is 0 Å². The van der Waals surface area contributed by atoms with Crippen LogP contribution in [0, 0.1) is 35.0 Å². The van der Waals surface area contributed by atoms with Crippen molar-refractivity contribution in [3.05, 3.63) is 113 Å². The molecule has 12 heteroatoms. The zero-order valence-electron chi connectivity index (χ0n) is 34.7. The van der Waals surface area contributed by atoms with Crippen LogP contribution in [0.15, 0.2) is 96.6 Å². The van der Waals surface area contributed by atoms with Gasteiger partial charge in [0.1, 0.15) is 18.0 Å². The Balaban J connectivity index is 1.00. The minimum Gasteiger partial charge on any atom is -0.508 e. The lowest BCUT2D eigenvalue weighted by Crippen LogP contribution is -2.82. The van der Waals surface area contributed by atoms with Gasteiger partial charge in [-0.25, -0.2) is 4.79 Å². The first-order valence-corrected chi connectivity index (χ1v) is 22.5. The largest absolute Gasteiger partial charge is 0.508 e. The van der Waals surface area contributed by atoms with E-state index in [1.807, 2.05) is 67.7 Å². The smallest absolute Gasteiger partial charge is 0.343 e. The van der Waals surface area contributed by atoms with E-state index in [-0.39, 0.29) is 34.9 Å². The third-order valence-corrected chi connectivity index (χ3v) is 17.6. The van der Waals surface area contributed by atoms with Crippen molar-refractivity contribution in [2.24, 2.45) is 35.0 Å². The lowest BCUT2D eigenvalue weighted by atomic mass is 9.37. The number of aromatic amines is 1. The fourth-order valence-electron chi connectivity index (χ4n) is 15.6. The van der Waals surface area contributed by atoms with Gasteiger partial charge in [0.15, 0.2) is 17.5 Å². The maximum Gasteiger partial charge on any atom is 0.343 e. The van der Waals surface area contributed by atoms with Crippen molar-refractivity contribution in [2.75, 3.05) is 13.6 Å². The van der Waals surface area contributed by atoms with Crippen molar-refractivity contribution in [2.45, 2.75) is 85.5 Å². The molecule has 1 aromatic heterocycles. The number of carbonyl (C=O) groups excluding carboxylic acids is 1. The van der Waals surface area contributed by atoms with Crippen LogP contribution in [0.4, 0.5) is 0 Å². The third-order valence-electron chi connectivity index (χ3n) is 17.6. The summed E-state index contributed by atoms with van der Waals surface area (Å²) in [5.74, 6) is -4.93. The maximum absolute atomic E-state index is 15.1. The Kier molecular flexibility index (Phi) is 7.76. The molecule has 2 spiro atoms. The van der Waals surface area contributed by atoms with E-state index in [1.165, 1.54) is 6.08 Å². The van der Waals surface area contributed by atoms with E-state index in [0.29, 0.717) is 35.9 Å². The highest BCUT2D eigenvalue weighted by atomic mass is 16.7. The van der Waals surface area contributed by atoms with Crippen molar-refractivity contribution in [1.82, 2.24) is 10.3 Å². The van der Waals surface area contributed by atoms with Crippen molar-refractivity contribution in [1.29, 1.82) is 0 Å². The number of hydrogen-bond donors (Lipinski definition) is 8. The van der Waals surface area contributed by atoms with Crippen LogP contribution in [-0.2, 0) is 26.3 Å². The number of H-pyrrole nitrogens is 1. The molecule has 13 rings (SSSR count). The Labute approximate surface area is 362 Å². The first-order valence-electron chi connectivity index (χ1n) is 22.5. The number of aromatic hydroxyl groups is 1. The Morgan fingerprint density at radius 2 is 1.79 bits per heavy atom. The lowest BCUT2D eigenvalue weighted by molar-refractivity contribution is -0.370. The molecule has 6 aliphatic carbocycles. The predicted molar refractivity (Wildman–Crippen MR) is 232 cm³/mol. The van der Waals surface area contributed by atoms with Crippen molar-refractivity contribution < 1.29 is 49.6 Å². The summed E-state index contributed by atoms with van der Waals surface area (Å²) in [7, 11) is 1.87. The van der Waals surface area contributed by atoms with E-state index in [0.717, 1.165) is 51.9 Å². The number of carbonyl (C=O) groups is 1. The summed E-state index contributed by atoms with van der Waals surface area (Å²) in [6, 6.07) is 21.4. The Hall–Kier alpha value is -4.89. The third kappa shape index (κ3) is 4.33. The van der Waals surface area contributed by atoms with Gasteiger partial charge in [0.2, 0.25) is 5.79 Å². The molecule has 8 aliphatic rings. The molecule has 63 heavy (non-hydrogen) atoms. The number of nitrogens with one attached hydrogen (secondary N) is 2. The van der Waals surface area contributed by atoms with E-state index < -0.39 is 76.6 Å². The topological polar surface area (TPSA) is 194 Å². The molecule has 5 aromatic rings. The number of phenolic OH excluding ortho intramolecular Hbond substituents is 1. The van der Waals surface area contributed by atoms with Crippen molar-refractivity contribution in [3.63, 3.8) is 0 Å². The van der Waals surface area contributed by atoms with Gasteiger partial charge in [-0.3, -0.25) is 0 Å². The first-order chi connectivity index (χ1) is 30.4. The molecule has 14 atom stereocenters. The van der Waals surface area contributed by atoms with Crippen LogP contribution in [0.3, 0.4) is 0 Å². The molecule has 2 saturated heterocycles. The number of rotatable bonds is 5. The summed E-state index contributed by atoms with van der Waals surface area (Å²) in [6.07, 6.45) is 7.42. The van der Waals surface area contributed by atoms with Crippen molar-refractivity contribution in [3.8, 4) is 11.5 Å². The van der Waals surface area contributed by atoms with Crippen LogP contribution < -0.4 is 10.1 Å². The second-order valence-electron chi connectivity index (χ2n) is 19.7. The molecule has 3 heterocycles. The highest BCUT2D eigenvalue weighted by molar-refractivity contribution is 6.14. The van der Waals surface area contributed by atoms with Gasteiger partial charge in [-0.05, 0) is 132 Å². The molecule has 0 radical (unpaired) electrons. The van der Waals surface area contributed by atoms with Gasteiger partial charge in [-0.2, -0.15) is 0 Å². The maximum atomic E-state index is 15.1. The summed E-state index contributed by atoms with van der Waals surface area (Å²) >= 11 is 0. The Morgan fingerprint density at radius 3 is 2.60 bits per heavy atom. The number of ether oxygens (including phenoxy) is 3. The van der Waals surface area contributed by atoms with Crippen LogP contribution in [0.25, 0.3) is 38.5 Å². The monoisotopic (exact) mass is 850 g/mol. The number of hydrogen-bond acceptors (Lipinski definition) is 11. The zero-order valence-corrected chi connectivity index (χ0v) is 34.7. The molecule has 2 bridgehead atoms. The second-order valence-corrected chi connectivity index (χ2v) is 19.7. The van der Waals surface area contributed by atoms with Gasteiger partial charge in [-0.15, -0.1) is 0 Å². The molecule has 12 nitrogen and oxygen atoms in total. The van der Waals surface area contributed by atoms with E-state index in [1.54, 1.807) is 12.1 Å². The van der Waals surface area contributed by atoms with Crippen LogP contribution in [-0.4, -0.2) is 96.6 Å². The summed E-state index contributed by atoms with van der Waals surface area (Å²) < 4.78 is 20.3. The second kappa shape index (κ2) is 12.7. The van der Waals surface area contributed by atoms with E-state index >= 15 is 4.79 Å². The summed E-state index contributed by atoms with van der Waals surface area (Å²) in [5.41, 5.74) is -1.90. The minimum atomic E-state index is -2.68. The molecular weight excluding hydrogens is 801 g/mol. The SMILES string of the molecule is CNCC1CC2C3C4=CC(O)C5(O)OC(C(=O)Oc6c(CO)[nH]c7ccc8cc9ccccc9cc8c67)C(OC2(C=C4)C2(CCC4CCC6C=Cc7cc(O)ccc7C642)C1O)C35O. The number of aliphatic hydroxyl groups excluding tert-OH is 3. The summed E-state index contributed by atoms with van der Waals surface area (Å²) in [4.78, 5) is 18.4. The van der Waals surface area contributed by atoms with Gasteiger partial charge in [0.05, 0.1) is 34.9 Å². The van der Waals surface area contributed by atoms with E-state index in [9.17, 15) is 30.6 Å². The Bertz CT molecular complexity index is 2920. The zero-order chi connectivity index (χ0) is 43.0. The number of fused-ring (bicyclic) bond motifs is 5. The van der Waals surface area contributed by atoms with Crippen LogP contribution in [0.2, 0.25) is 0 Å². The molecule has 5 fully saturated rings.